The largest absolute Gasteiger partial charge is 0.324 e. The molecule has 1 aliphatic heterocycles. The fraction of sp³-hybridized carbons (Fsp3) is 0.286. The van der Waals surface area contributed by atoms with Crippen LogP contribution in [-0.2, 0) is 6.54 Å². The molecule has 0 aliphatic carbocycles. The molecule has 144 valence electrons. The number of rotatable bonds is 4. The van der Waals surface area contributed by atoms with Crippen molar-refractivity contribution in [1.82, 2.24) is 19.7 Å². The Morgan fingerprint density at radius 3 is 2.71 bits per heavy atom. The van der Waals surface area contributed by atoms with Crippen molar-refractivity contribution in [2.75, 3.05) is 18.4 Å². The number of aromatic nitrogens is 3. The van der Waals surface area contributed by atoms with Crippen LogP contribution in [0, 0.1) is 0 Å². The first-order chi connectivity index (χ1) is 13.7. The van der Waals surface area contributed by atoms with Gasteiger partial charge in [-0.2, -0.15) is 5.10 Å². The summed E-state index contributed by atoms with van der Waals surface area (Å²) >= 11 is 6.11. The van der Waals surface area contributed by atoms with E-state index in [4.69, 9.17) is 11.6 Å². The van der Waals surface area contributed by atoms with Crippen molar-refractivity contribution in [3.8, 4) is 0 Å². The Bertz CT molecular complexity index is 935. The van der Waals surface area contributed by atoms with Gasteiger partial charge in [0.05, 0.1) is 6.54 Å². The molecule has 1 aromatic heterocycles. The third kappa shape index (κ3) is 4.34. The van der Waals surface area contributed by atoms with Crippen molar-refractivity contribution in [2.45, 2.75) is 25.3 Å². The summed E-state index contributed by atoms with van der Waals surface area (Å²) in [6, 6.07) is 15.8. The molecule has 2 aromatic carbocycles. The smallest absolute Gasteiger partial charge is 0.321 e. The van der Waals surface area contributed by atoms with Crippen LogP contribution in [0.5, 0.6) is 0 Å². The van der Waals surface area contributed by atoms with E-state index in [2.05, 4.69) is 21.5 Å². The molecular formula is C21H22ClN5O. The predicted octanol–water partition coefficient (Wildman–Crippen LogP) is 4.39. The molecule has 0 spiro atoms. The van der Waals surface area contributed by atoms with E-state index in [1.807, 2.05) is 47.4 Å². The maximum Gasteiger partial charge on any atom is 0.321 e. The van der Waals surface area contributed by atoms with Crippen LogP contribution in [0.15, 0.2) is 61.2 Å². The van der Waals surface area contributed by atoms with E-state index in [1.165, 1.54) is 11.9 Å². The Kier molecular flexibility index (Phi) is 5.58. The zero-order valence-corrected chi connectivity index (χ0v) is 16.2. The van der Waals surface area contributed by atoms with Gasteiger partial charge in [0, 0.05) is 23.8 Å². The van der Waals surface area contributed by atoms with Crippen LogP contribution in [0.3, 0.4) is 0 Å². The molecule has 1 N–H and O–H groups in total. The fourth-order valence-electron chi connectivity index (χ4n) is 3.64. The number of carbonyl (C=O) groups is 1. The van der Waals surface area contributed by atoms with Gasteiger partial charge < -0.3 is 10.2 Å². The summed E-state index contributed by atoms with van der Waals surface area (Å²) < 4.78 is 1.74. The van der Waals surface area contributed by atoms with Gasteiger partial charge in [0.1, 0.15) is 12.7 Å². The molecule has 6 nitrogen and oxygen atoms in total. The molecule has 2 heterocycles. The molecule has 7 heteroatoms. The Hall–Kier alpha value is -2.86. The van der Waals surface area contributed by atoms with Gasteiger partial charge in [0.15, 0.2) is 0 Å². The van der Waals surface area contributed by atoms with Crippen LogP contribution in [0.2, 0.25) is 5.02 Å². The fourth-order valence-corrected chi connectivity index (χ4v) is 3.84. The zero-order valence-electron chi connectivity index (χ0n) is 15.5. The number of halogens is 1. The molecule has 28 heavy (non-hydrogen) atoms. The van der Waals surface area contributed by atoms with Crippen LogP contribution in [-0.4, -0.2) is 38.8 Å². The number of hydrogen-bond donors (Lipinski definition) is 1. The summed E-state index contributed by atoms with van der Waals surface area (Å²) in [5.41, 5.74) is 3.06. The van der Waals surface area contributed by atoms with E-state index in [1.54, 1.807) is 11.0 Å². The Morgan fingerprint density at radius 2 is 1.96 bits per heavy atom. The molecular weight excluding hydrogens is 374 g/mol. The second-order valence-corrected chi connectivity index (χ2v) is 7.43. The number of likely N-dealkylation sites (tertiary alicyclic amines) is 1. The maximum atomic E-state index is 12.8. The summed E-state index contributed by atoms with van der Waals surface area (Å²) in [7, 11) is 0. The Morgan fingerprint density at radius 1 is 1.14 bits per heavy atom. The molecule has 3 aromatic rings. The van der Waals surface area contributed by atoms with Crippen molar-refractivity contribution < 1.29 is 4.79 Å². The monoisotopic (exact) mass is 395 g/mol. The molecule has 0 bridgehead atoms. The van der Waals surface area contributed by atoms with E-state index in [-0.39, 0.29) is 6.03 Å². The van der Waals surface area contributed by atoms with Crippen molar-refractivity contribution >= 4 is 23.3 Å². The highest BCUT2D eigenvalue weighted by Gasteiger charge is 2.24. The Balaban J connectivity index is 1.37. The predicted molar refractivity (Wildman–Crippen MR) is 110 cm³/mol. The van der Waals surface area contributed by atoms with Crippen molar-refractivity contribution in [1.29, 1.82) is 0 Å². The number of hydrogen-bond acceptors (Lipinski definition) is 3. The van der Waals surface area contributed by atoms with Gasteiger partial charge in [-0.25, -0.2) is 14.5 Å². The van der Waals surface area contributed by atoms with Crippen molar-refractivity contribution in [2.24, 2.45) is 0 Å². The topological polar surface area (TPSA) is 63.1 Å². The zero-order chi connectivity index (χ0) is 19.3. The summed E-state index contributed by atoms with van der Waals surface area (Å²) in [6.07, 6.45) is 5.05. The maximum absolute atomic E-state index is 12.8. The van der Waals surface area contributed by atoms with Crippen LogP contribution in [0.25, 0.3) is 0 Å². The number of nitrogens with zero attached hydrogens (tertiary/aromatic N) is 4. The average Bonchev–Trinajstić information content (AvgIpc) is 3.23. The number of benzene rings is 2. The summed E-state index contributed by atoms with van der Waals surface area (Å²) in [6.45, 7) is 2.02. The highest BCUT2D eigenvalue weighted by molar-refractivity contribution is 6.30. The number of nitrogens with one attached hydrogen (secondary N) is 1. The van der Waals surface area contributed by atoms with Crippen LogP contribution in [0.1, 0.15) is 29.9 Å². The highest BCUT2D eigenvalue weighted by Crippen LogP contribution is 2.30. The second-order valence-electron chi connectivity index (χ2n) is 7.00. The first kappa shape index (κ1) is 18.5. The van der Waals surface area contributed by atoms with Gasteiger partial charge in [-0.05, 0) is 48.1 Å². The lowest BCUT2D eigenvalue weighted by molar-refractivity contribution is 0.194. The van der Waals surface area contributed by atoms with E-state index >= 15 is 0 Å². The normalized spacial score (nSPS) is 14.8. The van der Waals surface area contributed by atoms with Crippen LogP contribution >= 0.6 is 11.6 Å². The van der Waals surface area contributed by atoms with Crippen LogP contribution < -0.4 is 5.32 Å². The highest BCUT2D eigenvalue weighted by atomic mass is 35.5. The van der Waals surface area contributed by atoms with E-state index < -0.39 is 0 Å². The molecule has 4 rings (SSSR count). The summed E-state index contributed by atoms with van der Waals surface area (Å²) in [4.78, 5) is 18.6. The van der Waals surface area contributed by atoms with Gasteiger partial charge in [-0.1, -0.05) is 41.9 Å². The number of anilines is 1. The molecule has 0 atom stereocenters. The minimum Gasteiger partial charge on any atom is -0.324 e. The molecule has 1 aliphatic rings. The third-order valence-corrected chi connectivity index (χ3v) is 5.40. The second kappa shape index (κ2) is 8.44. The molecule has 1 fully saturated rings. The summed E-state index contributed by atoms with van der Waals surface area (Å²) in [5.74, 6) is 0.447. The van der Waals surface area contributed by atoms with Gasteiger partial charge in [-0.15, -0.1) is 0 Å². The number of urea groups is 1. The van der Waals surface area contributed by atoms with E-state index in [0.29, 0.717) is 12.5 Å². The lowest BCUT2D eigenvalue weighted by Gasteiger charge is -2.32. The number of piperidine rings is 1. The minimum atomic E-state index is -0.0596. The lowest BCUT2D eigenvalue weighted by atomic mass is 9.89. The number of amides is 2. The molecule has 0 saturated carbocycles. The SMILES string of the molecule is O=C(Nc1ccccc1Cn1cncn1)N1CCC(c2cccc(Cl)c2)CC1. The van der Waals surface area contributed by atoms with Crippen molar-refractivity contribution in [3.05, 3.63) is 77.3 Å². The summed E-state index contributed by atoms with van der Waals surface area (Å²) in [5, 5.41) is 7.96. The molecule has 1 saturated heterocycles. The number of carbonyl (C=O) groups excluding carboxylic acids is 1. The van der Waals surface area contributed by atoms with E-state index in [0.717, 1.165) is 42.2 Å². The minimum absolute atomic E-state index is 0.0596. The molecule has 2 amide bonds. The third-order valence-electron chi connectivity index (χ3n) is 5.16. The van der Waals surface area contributed by atoms with Crippen LogP contribution in [0.4, 0.5) is 10.5 Å². The van der Waals surface area contributed by atoms with Gasteiger partial charge >= 0.3 is 6.03 Å². The van der Waals surface area contributed by atoms with E-state index in [9.17, 15) is 4.79 Å². The van der Waals surface area contributed by atoms with Gasteiger partial charge in [0.2, 0.25) is 0 Å². The quantitative estimate of drug-likeness (QED) is 0.712. The Labute approximate surface area is 169 Å². The van der Waals surface area contributed by atoms with Gasteiger partial charge in [0.25, 0.3) is 0 Å². The lowest BCUT2D eigenvalue weighted by Crippen LogP contribution is -2.40. The van der Waals surface area contributed by atoms with Gasteiger partial charge in [-0.3, -0.25) is 0 Å². The average molecular weight is 396 g/mol. The van der Waals surface area contributed by atoms with Crippen molar-refractivity contribution in [3.63, 3.8) is 0 Å². The number of para-hydroxylation sites is 1. The first-order valence-electron chi connectivity index (χ1n) is 9.41. The molecule has 0 unspecified atom stereocenters. The standard InChI is InChI=1S/C21H22ClN5O/c22-19-6-3-5-17(12-19)16-8-10-26(11-9-16)21(28)25-20-7-2-1-4-18(20)13-27-15-23-14-24-27/h1-7,12,14-16H,8-11,13H2,(H,25,28). The first-order valence-corrected chi connectivity index (χ1v) is 9.78. The molecule has 0 radical (unpaired) electrons.